The summed E-state index contributed by atoms with van der Waals surface area (Å²) >= 11 is 0. The molecular formula is C144H129N3. The molecule has 3 nitrogen and oxygen atoms in total. The van der Waals surface area contributed by atoms with Gasteiger partial charge in [0.05, 0.1) is 5.69 Å². The van der Waals surface area contributed by atoms with Gasteiger partial charge in [-0.05, 0) is 324 Å². The van der Waals surface area contributed by atoms with E-state index in [1.807, 2.05) is 0 Å². The molecule has 147 heavy (non-hydrogen) atoms. The molecule has 20 aromatic rings. The second kappa shape index (κ2) is 33.0. The van der Waals surface area contributed by atoms with Gasteiger partial charge in [-0.3, -0.25) is 0 Å². The summed E-state index contributed by atoms with van der Waals surface area (Å²) in [7, 11) is 0. The Balaban J connectivity index is 0.000000115. The molecule has 0 spiro atoms. The Labute approximate surface area is 870 Å². The molecule has 27 rings (SSSR count). The van der Waals surface area contributed by atoms with Gasteiger partial charge in [0, 0.05) is 78.1 Å². The van der Waals surface area contributed by atoms with E-state index in [4.69, 9.17) is 0 Å². The molecule has 0 radical (unpaired) electrons. The highest BCUT2D eigenvalue weighted by Gasteiger charge is 2.51. The maximum Gasteiger partial charge on any atom is 0.0621 e. The minimum absolute atomic E-state index is 0.0202. The van der Waals surface area contributed by atoms with Gasteiger partial charge in [-0.2, -0.15) is 0 Å². The predicted octanol–water partition coefficient (Wildman–Crippen LogP) is 39.5. The van der Waals surface area contributed by atoms with Crippen molar-refractivity contribution in [1.82, 2.24) is 0 Å². The van der Waals surface area contributed by atoms with Crippen molar-refractivity contribution in [2.75, 3.05) is 14.7 Å². The highest BCUT2D eigenvalue weighted by Crippen LogP contribution is 2.64. The van der Waals surface area contributed by atoms with Crippen LogP contribution in [0.3, 0.4) is 0 Å². The molecule has 0 saturated heterocycles. The molecule has 0 aliphatic heterocycles. The Hall–Kier alpha value is -15.4. The summed E-state index contributed by atoms with van der Waals surface area (Å²) in [6, 6.07) is 157. The quantitative estimate of drug-likeness (QED) is 0.135. The minimum Gasteiger partial charge on any atom is -0.310 e. The van der Waals surface area contributed by atoms with E-state index in [0.717, 1.165) is 11.4 Å². The number of hydrogen-bond donors (Lipinski definition) is 0. The summed E-state index contributed by atoms with van der Waals surface area (Å²) < 4.78 is 0. The van der Waals surface area contributed by atoms with Crippen LogP contribution in [0.15, 0.2) is 419 Å². The normalized spacial score (nSPS) is 16.6. The van der Waals surface area contributed by atoms with Crippen LogP contribution < -0.4 is 14.7 Å². The number of hydrogen-bond acceptors (Lipinski definition) is 3. The van der Waals surface area contributed by atoms with Crippen molar-refractivity contribution in [3.05, 3.63) is 496 Å². The van der Waals surface area contributed by atoms with Crippen molar-refractivity contribution in [2.45, 2.75) is 193 Å². The molecule has 3 heteroatoms. The Morgan fingerprint density at radius 3 is 0.816 bits per heavy atom. The van der Waals surface area contributed by atoms with Gasteiger partial charge in [-0.25, -0.2) is 0 Å². The summed E-state index contributed by atoms with van der Waals surface area (Å²) in [5.41, 5.74) is 51.1. The number of anilines is 9. The van der Waals surface area contributed by atoms with Gasteiger partial charge in [0.1, 0.15) is 0 Å². The summed E-state index contributed by atoms with van der Waals surface area (Å²) in [6.45, 7) is 48.0. The van der Waals surface area contributed by atoms with Crippen LogP contribution in [-0.4, -0.2) is 0 Å². The standard InChI is InChI=1S/C52H47N.C49H43N.C43H39N/c1-49(2)43-19-13-11-17-41(43)48-36-25-22-33(29-32(36)21-28-45(48)49)53(34-23-26-39-37-15-9-12-18-42(37)50(3,4)46(39)30-34)35-24-27-40-38-16-10-14-20-44(38)51(5,6)52(7,8)47(40)31-35;1-47(2)42-18-12-11-17-41(42)46-38-27-25-36(30-34(38)22-29-44(46)47)50(35-23-20-33(21-24-35)32-14-8-7-9-15-32)37-26-28-40-39-16-10-13-19-43(39)48(3,4)49(5,6)45(40)31-37;1-41(2)35-22-14-13-21-34(35)39-38(41)26-28-16-10-11-19-31(28)40(39)44(29-17-8-7-9-18-29)30-24-25-33-32-20-12-15-23-36(32)42(3,4)43(5,6)37(33)27-30/h9-31H,1-8H3;7-31H,1-6H3;7-27H,1-6H3. The van der Waals surface area contributed by atoms with Crippen LogP contribution in [0.25, 0.3) is 121 Å². The van der Waals surface area contributed by atoms with Crippen LogP contribution in [0.4, 0.5) is 51.2 Å². The molecule has 0 saturated carbocycles. The van der Waals surface area contributed by atoms with Crippen molar-refractivity contribution < 1.29 is 0 Å². The first-order valence-corrected chi connectivity index (χ1v) is 53.1. The monoisotopic (exact) mass is 1900 g/mol. The summed E-state index contributed by atoms with van der Waals surface area (Å²) in [5.74, 6) is 0. The van der Waals surface area contributed by atoms with Crippen molar-refractivity contribution in [3.8, 4) is 89.0 Å². The van der Waals surface area contributed by atoms with E-state index in [2.05, 4.69) is 572 Å². The zero-order valence-electron chi connectivity index (χ0n) is 88.7. The van der Waals surface area contributed by atoms with E-state index < -0.39 is 0 Å². The van der Waals surface area contributed by atoms with E-state index in [0.29, 0.717) is 0 Å². The fraction of sp³-hybridized carbons (Fsp3) is 0.208. The van der Waals surface area contributed by atoms with Gasteiger partial charge < -0.3 is 14.7 Å². The van der Waals surface area contributed by atoms with Crippen LogP contribution in [-0.2, 0) is 54.1 Å². The maximum atomic E-state index is 2.53. The molecule has 20 aromatic carbocycles. The molecule has 0 amide bonds. The summed E-state index contributed by atoms with van der Waals surface area (Å²) in [5, 5.41) is 7.70. The van der Waals surface area contributed by atoms with E-state index in [1.165, 1.54) is 239 Å². The van der Waals surface area contributed by atoms with E-state index >= 15 is 0 Å². The smallest absolute Gasteiger partial charge is 0.0621 e. The van der Waals surface area contributed by atoms with Crippen LogP contribution >= 0.6 is 0 Å². The highest BCUT2D eigenvalue weighted by atomic mass is 15.2. The van der Waals surface area contributed by atoms with Gasteiger partial charge in [0.15, 0.2) is 0 Å². The Bertz CT molecular complexity index is 8840. The third kappa shape index (κ3) is 13.7. The fourth-order valence-corrected chi connectivity index (χ4v) is 27.3. The molecule has 0 bridgehead atoms. The zero-order valence-corrected chi connectivity index (χ0v) is 88.7. The average Bonchev–Trinajstić information content (AvgIpc) is 1.67. The highest BCUT2D eigenvalue weighted by molar-refractivity contribution is 6.11. The molecule has 0 aromatic heterocycles. The maximum absolute atomic E-state index is 2.53. The van der Waals surface area contributed by atoms with E-state index in [-0.39, 0.29) is 54.1 Å². The molecule has 7 aliphatic carbocycles. The van der Waals surface area contributed by atoms with Crippen LogP contribution in [0.2, 0.25) is 0 Å². The second-order valence-electron chi connectivity index (χ2n) is 47.9. The zero-order chi connectivity index (χ0) is 102. The van der Waals surface area contributed by atoms with Crippen LogP contribution in [0, 0.1) is 0 Å². The third-order valence-electron chi connectivity index (χ3n) is 37.6. The van der Waals surface area contributed by atoms with Crippen LogP contribution in [0.1, 0.15) is 216 Å². The van der Waals surface area contributed by atoms with Crippen molar-refractivity contribution in [1.29, 1.82) is 0 Å². The third-order valence-corrected chi connectivity index (χ3v) is 37.6. The van der Waals surface area contributed by atoms with Crippen molar-refractivity contribution in [3.63, 3.8) is 0 Å². The molecule has 0 heterocycles. The molecular weight excluding hydrogens is 1770 g/mol. The van der Waals surface area contributed by atoms with Gasteiger partial charge in [0.2, 0.25) is 0 Å². The predicted molar refractivity (Wildman–Crippen MR) is 626 cm³/mol. The lowest BCUT2D eigenvalue weighted by atomic mass is 9.55. The first kappa shape index (κ1) is 92.7. The number of benzene rings is 20. The van der Waals surface area contributed by atoms with Crippen LogP contribution in [0.5, 0.6) is 0 Å². The van der Waals surface area contributed by atoms with E-state index in [1.54, 1.807) is 0 Å². The summed E-state index contributed by atoms with van der Waals surface area (Å²) in [4.78, 5) is 7.49. The molecule has 0 unspecified atom stereocenters. The number of rotatable bonds is 10. The lowest BCUT2D eigenvalue weighted by Crippen LogP contribution is -2.43. The Kier molecular flexibility index (Phi) is 20.8. The average molecular weight is 1900 g/mol. The molecule has 0 fully saturated rings. The first-order valence-electron chi connectivity index (χ1n) is 53.1. The van der Waals surface area contributed by atoms with Gasteiger partial charge in [0.25, 0.3) is 0 Å². The number of fused-ring (bicyclic) bond motifs is 26. The molecule has 7 aliphatic rings. The molecule has 720 valence electrons. The largest absolute Gasteiger partial charge is 0.310 e. The number of para-hydroxylation sites is 1. The van der Waals surface area contributed by atoms with Gasteiger partial charge >= 0.3 is 0 Å². The van der Waals surface area contributed by atoms with Gasteiger partial charge in [-0.15, -0.1) is 0 Å². The lowest BCUT2D eigenvalue weighted by molar-refractivity contribution is 0.299. The SMILES string of the molecule is CC1(C)c2ccccc2-c2c1cc1ccccc1c2N(c1ccccc1)c1ccc2c(c1)C(C)(C)C(C)(C)c1ccccc1-2.CC1(C)c2ccccc2-c2c1ccc1cc(N(c3ccc(-c4ccccc4)cc3)c3ccc4c(c3)C(C)(C)C(C)(C)c3ccccc3-4)ccc21.CC1(C)c2ccccc2-c2ccc(N(c3ccc4c(c3)C(C)(C)C(C)(C)c3ccccc3-4)c3ccc4c5c(ccc4c3)C(C)(C)c3ccccc3-5)cc21. The lowest BCUT2D eigenvalue weighted by Gasteiger charge is -2.48. The first-order chi connectivity index (χ1) is 70.5. The minimum atomic E-state index is -0.0986. The number of nitrogens with zero attached hydrogens (tertiary/aromatic N) is 3. The second-order valence-corrected chi connectivity index (χ2v) is 47.9. The van der Waals surface area contributed by atoms with E-state index in [9.17, 15) is 0 Å². The van der Waals surface area contributed by atoms with Crippen molar-refractivity contribution >= 4 is 83.5 Å². The van der Waals surface area contributed by atoms with Crippen molar-refractivity contribution in [2.24, 2.45) is 0 Å². The molecule has 0 atom stereocenters. The summed E-state index contributed by atoms with van der Waals surface area (Å²) in [6.07, 6.45) is 0. The Morgan fingerprint density at radius 1 is 0.136 bits per heavy atom. The fourth-order valence-electron chi connectivity index (χ4n) is 27.3. The van der Waals surface area contributed by atoms with Gasteiger partial charge in [-0.1, -0.05) is 454 Å². The molecule has 0 N–H and O–H groups in total. The topological polar surface area (TPSA) is 9.72 Å². The Morgan fingerprint density at radius 2 is 0.395 bits per heavy atom.